The highest BCUT2D eigenvalue weighted by molar-refractivity contribution is 5.68. The Bertz CT molecular complexity index is 1290. The first kappa shape index (κ1) is 21.1. The van der Waals surface area contributed by atoms with Gasteiger partial charge in [-0.15, -0.1) is 0 Å². The molecule has 2 aromatic carbocycles. The lowest BCUT2D eigenvalue weighted by atomic mass is 9.96. The molecule has 1 unspecified atom stereocenters. The molecule has 1 atom stereocenters. The quantitative estimate of drug-likeness (QED) is 0.350. The molecule has 6 nitrogen and oxygen atoms in total. The molecule has 0 bridgehead atoms. The summed E-state index contributed by atoms with van der Waals surface area (Å²) in [6.07, 6.45) is 7.22. The average Bonchev–Trinajstić information content (AvgIpc) is 3.56. The first-order valence-corrected chi connectivity index (χ1v) is 11.3. The molecule has 0 spiro atoms. The van der Waals surface area contributed by atoms with Crippen molar-refractivity contribution in [1.29, 1.82) is 0 Å². The molecule has 168 valence electrons. The Morgan fingerprint density at radius 1 is 1.06 bits per heavy atom. The van der Waals surface area contributed by atoms with Crippen LogP contribution in [0.1, 0.15) is 54.2 Å². The van der Waals surface area contributed by atoms with Gasteiger partial charge in [0.05, 0.1) is 5.69 Å². The monoisotopic (exact) mass is 440 g/mol. The van der Waals surface area contributed by atoms with E-state index in [-0.39, 0.29) is 6.23 Å². The summed E-state index contributed by atoms with van der Waals surface area (Å²) in [6.45, 7) is 9.03. The maximum absolute atomic E-state index is 6.01. The largest absolute Gasteiger partial charge is 0.472 e. The molecule has 0 saturated carbocycles. The summed E-state index contributed by atoms with van der Waals surface area (Å²) in [5.74, 6) is 2.13. The van der Waals surface area contributed by atoms with E-state index in [1.54, 1.807) is 6.26 Å². The number of hydrogen-bond acceptors (Lipinski definition) is 5. The topological polar surface area (TPSA) is 56.3 Å². The number of rotatable bonds is 6. The molecule has 0 aliphatic carbocycles. The third-order valence-electron chi connectivity index (χ3n) is 6.15. The summed E-state index contributed by atoms with van der Waals surface area (Å²) < 4.78 is 13.8. The van der Waals surface area contributed by atoms with Gasteiger partial charge in [0.1, 0.15) is 12.1 Å². The standard InChI is InChI=1S/C27H28N4O2/c1-18(2)25-28-12-13-30(25)17-23-16-22(10-11-24(23)21-8-6-5-7-9-21)27-31(14-15-32-27)26-19(3)20(4)29-33-26/h5-16,18,27H,17H2,1-4H3. The Morgan fingerprint density at radius 2 is 1.88 bits per heavy atom. The van der Waals surface area contributed by atoms with E-state index >= 15 is 0 Å². The molecule has 4 aromatic rings. The highest BCUT2D eigenvalue weighted by atomic mass is 16.5. The number of hydrogen-bond donors (Lipinski definition) is 0. The maximum atomic E-state index is 6.01. The minimum absolute atomic E-state index is 0.313. The van der Waals surface area contributed by atoms with Crippen molar-refractivity contribution < 1.29 is 9.26 Å². The molecule has 5 rings (SSSR count). The van der Waals surface area contributed by atoms with Crippen LogP contribution in [-0.2, 0) is 11.3 Å². The van der Waals surface area contributed by atoms with Crippen LogP contribution in [-0.4, -0.2) is 14.7 Å². The van der Waals surface area contributed by atoms with Crippen LogP contribution in [0, 0.1) is 13.8 Å². The highest BCUT2D eigenvalue weighted by Crippen LogP contribution is 2.37. The first-order chi connectivity index (χ1) is 16.0. The third kappa shape index (κ3) is 3.93. The third-order valence-corrected chi connectivity index (χ3v) is 6.15. The summed E-state index contributed by atoms with van der Waals surface area (Å²) in [5, 5.41) is 4.12. The van der Waals surface area contributed by atoms with Crippen LogP contribution in [0.2, 0.25) is 0 Å². The Morgan fingerprint density at radius 3 is 2.61 bits per heavy atom. The van der Waals surface area contributed by atoms with Gasteiger partial charge < -0.3 is 13.8 Å². The minimum Gasteiger partial charge on any atom is -0.472 e. The fraction of sp³-hybridized carbons (Fsp3) is 0.259. The van der Waals surface area contributed by atoms with Crippen molar-refractivity contribution in [2.75, 3.05) is 4.90 Å². The molecule has 3 heterocycles. The van der Waals surface area contributed by atoms with E-state index in [4.69, 9.17) is 9.26 Å². The second-order valence-electron chi connectivity index (χ2n) is 8.73. The lowest BCUT2D eigenvalue weighted by Gasteiger charge is -2.24. The van der Waals surface area contributed by atoms with Crippen LogP contribution in [0.5, 0.6) is 0 Å². The van der Waals surface area contributed by atoms with Gasteiger partial charge in [-0.25, -0.2) is 4.98 Å². The van der Waals surface area contributed by atoms with E-state index in [0.717, 1.165) is 29.2 Å². The van der Waals surface area contributed by atoms with Gasteiger partial charge in [-0.1, -0.05) is 61.5 Å². The van der Waals surface area contributed by atoms with Gasteiger partial charge in [0.15, 0.2) is 0 Å². The van der Waals surface area contributed by atoms with Crippen molar-refractivity contribution in [3.8, 4) is 11.1 Å². The van der Waals surface area contributed by atoms with Gasteiger partial charge in [-0.3, -0.25) is 4.90 Å². The molecular weight excluding hydrogens is 412 g/mol. The van der Waals surface area contributed by atoms with Crippen LogP contribution in [0.15, 0.2) is 77.9 Å². The van der Waals surface area contributed by atoms with Gasteiger partial charge in [-0.2, -0.15) is 0 Å². The maximum Gasteiger partial charge on any atom is 0.237 e. The van der Waals surface area contributed by atoms with E-state index < -0.39 is 0 Å². The molecule has 0 radical (unpaired) electrons. The predicted octanol–water partition coefficient (Wildman–Crippen LogP) is 6.33. The molecule has 1 aliphatic heterocycles. The van der Waals surface area contributed by atoms with Crippen LogP contribution in [0.3, 0.4) is 0 Å². The van der Waals surface area contributed by atoms with Crippen molar-refractivity contribution in [2.45, 2.75) is 46.4 Å². The zero-order valence-corrected chi connectivity index (χ0v) is 19.4. The van der Waals surface area contributed by atoms with Crippen molar-refractivity contribution in [3.63, 3.8) is 0 Å². The van der Waals surface area contributed by atoms with E-state index in [0.29, 0.717) is 11.8 Å². The van der Waals surface area contributed by atoms with E-state index in [2.05, 4.69) is 77.2 Å². The van der Waals surface area contributed by atoms with Crippen LogP contribution in [0.25, 0.3) is 11.1 Å². The van der Waals surface area contributed by atoms with Crippen LogP contribution in [0.4, 0.5) is 5.88 Å². The highest BCUT2D eigenvalue weighted by Gasteiger charge is 2.29. The van der Waals surface area contributed by atoms with Gasteiger partial charge in [-0.05, 0) is 36.6 Å². The van der Waals surface area contributed by atoms with Crippen LogP contribution < -0.4 is 4.90 Å². The van der Waals surface area contributed by atoms with Crippen LogP contribution >= 0.6 is 0 Å². The van der Waals surface area contributed by atoms with Crippen molar-refractivity contribution in [2.24, 2.45) is 0 Å². The number of aromatic nitrogens is 3. The molecular formula is C27H28N4O2. The second kappa shape index (κ2) is 8.62. The molecule has 0 saturated heterocycles. The molecule has 1 aliphatic rings. The zero-order valence-electron chi connectivity index (χ0n) is 19.4. The molecule has 33 heavy (non-hydrogen) atoms. The first-order valence-electron chi connectivity index (χ1n) is 11.3. The summed E-state index contributed by atoms with van der Waals surface area (Å²) in [6, 6.07) is 17.0. The Balaban J connectivity index is 1.56. The van der Waals surface area contributed by atoms with Gasteiger partial charge in [0.2, 0.25) is 12.1 Å². The molecule has 0 fully saturated rings. The fourth-order valence-corrected chi connectivity index (χ4v) is 4.31. The molecule has 0 amide bonds. The number of imidazole rings is 1. The number of aryl methyl sites for hydroxylation is 1. The summed E-state index contributed by atoms with van der Waals surface area (Å²) >= 11 is 0. The zero-order chi connectivity index (χ0) is 22.9. The summed E-state index contributed by atoms with van der Waals surface area (Å²) in [7, 11) is 0. The lowest BCUT2D eigenvalue weighted by Crippen LogP contribution is -2.20. The summed E-state index contributed by atoms with van der Waals surface area (Å²) in [4.78, 5) is 6.57. The SMILES string of the molecule is Cc1noc(N2C=COC2c2ccc(-c3ccccc3)c(Cn3ccnc3C(C)C)c2)c1C. The normalized spacial score (nSPS) is 15.4. The van der Waals surface area contributed by atoms with Gasteiger partial charge in [0, 0.05) is 42.2 Å². The van der Waals surface area contributed by atoms with Crippen molar-refractivity contribution in [1.82, 2.24) is 14.7 Å². The van der Waals surface area contributed by atoms with E-state index in [9.17, 15) is 0 Å². The average molecular weight is 441 g/mol. The second-order valence-corrected chi connectivity index (χ2v) is 8.73. The Hall–Kier alpha value is -3.80. The number of anilines is 1. The lowest BCUT2D eigenvalue weighted by molar-refractivity contribution is 0.169. The van der Waals surface area contributed by atoms with E-state index in [1.807, 2.05) is 37.2 Å². The Kier molecular flexibility index (Phi) is 5.50. The smallest absolute Gasteiger partial charge is 0.237 e. The number of nitrogens with zero attached hydrogens (tertiary/aromatic N) is 4. The van der Waals surface area contributed by atoms with E-state index in [1.165, 1.54) is 16.7 Å². The predicted molar refractivity (Wildman–Crippen MR) is 129 cm³/mol. The molecule has 6 heteroatoms. The molecule has 2 aromatic heterocycles. The van der Waals surface area contributed by atoms with Gasteiger partial charge >= 0.3 is 0 Å². The summed E-state index contributed by atoms with van der Waals surface area (Å²) in [5.41, 5.74) is 6.54. The molecule has 0 N–H and O–H groups in total. The number of benzene rings is 2. The minimum atomic E-state index is -0.313. The van der Waals surface area contributed by atoms with Crippen molar-refractivity contribution in [3.05, 3.63) is 102 Å². The van der Waals surface area contributed by atoms with Crippen molar-refractivity contribution >= 4 is 5.88 Å². The Labute approximate surface area is 194 Å². The number of ether oxygens (including phenoxy) is 1. The van der Waals surface area contributed by atoms with Gasteiger partial charge in [0.25, 0.3) is 0 Å². The fourth-order valence-electron chi connectivity index (χ4n) is 4.31.